The first-order chi connectivity index (χ1) is 5.11. The van der Waals surface area contributed by atoms with Gasteiger partial charge in [0.25, 0.3) is 0 Å². The van der Waals surface area contributed by atoms with Crippen molar-refractivity contribution in [3.63, 3.8) is 0 Å². The number of carbonyl (C=O) groups is 1. The van der Waals surface area contributed by atoms with Gasteiger partial charge in [-0.25, -0.2) is 0 Å². The molecule has 0 bridgehead atoms. The van der Waals surface area contributed by atoms with E-state index in [0.717, 1.165) is 5.76 Å². The smallest absolute Gasteiger partial charge is 0.182 e. The summed E-state index contributed by atoms with van der Waals surface area (Å²) in [6, 6.07) is 1.23. The second-order valence-corrected chi connectivity index (χ2v) is 2.60. The Morgan fingerprint density at radius 3 is 2.73 bits per heavy atom. The summed E-state index contributed by atoms with van der Waals surface area (Å²) in [5, 5.41) is 0. The molecule has 60 valence electrons. The van der Waals surface area contributed by atoms with Crippen molar-refractivity contribution in [2.24, 2.45) is 5.73 Å². The van der Waals surface area contributed by atoms with E-state index in [2.05, 4.69) is 0 Å². The molecule has 0 unspecified atom stereocenters. The van der Waals surface area contributed by atoms with Gasteiger partial charge in [0.15, 0.2) is 5.78 Å². The minimum absolute atomic E-state index is 0.0816. The van der Waals surface area contributed by atoms with E-state index in [0.29, 0.717) is 5.56 Å². The van der Waals surface area contributed by atoms with E-state index in [9.17, 15) is 4.79 Å². The predicted molar refractivity (Wildman–Crippen MR) is 41.4 cm³/mol. The van der Waals surface area contributed by atoms with E-state index >= 15 is 0 Å². The van der Waals surface area contributed by atoms with E-state index in [1.54, 1.807) is 19.9 Å². The van der Waals surface area contributed by atoms with Crippen LogP contribution in [0.2, 0.25) is 0 Å². The van der Waals surface area contributed by atoms with Gasteiger partial charge < -0.3 is 10.2 Å². The van der Waals surface area contributed by atoms with E-state index in [4.69, 9.17) is 10.2 Å². The standard InChI is InChI=1S/C8H11NO2/c1-5-3-7(4-11-5)8(10)6(2)9/h3-4,6H,9H2,1-2H3/t6-/m1/s1. The summed E-state index contributed by atoms with van der Waals surface area (Å²) >= 11 is 0. The molecule has 11 heavy (non-hydrogen) atoms. The van der Waals surface area contributed by atoms with Crippen LogP contribution >= 0.6 is 0 Å². The molecular weight excluding hydrogens is 142 g/mol. The van der Waals surface area contributed by atoms with Gasteiger partial charge in [0.1, 0.15) is 12.0 Å². The zero-order valence-electron chi connectivity index (χ0n) is 6.63. The molecule has 1 aromatic heterocycles. The minimum Gasteiger partial charge on any atom is -0.469 e. The van der Waals surface area contributed by atoms with Gasteiger partial charge in [0.2, 0.25) is 0 Å². The normalized spacial score (nSPS) is 13.0. The van der Waals surface area contributed by atoms with E-state index < -0.39 is 6.04 Å². The van der Waals surface area contributed by atoms with Gasteiger partial charge in [0, 0.05) is 0 Å². The van der Waals surface area contributed by atoms with Crippen LogP contribution in [0.1, 0.15) is 23.0 Å². The van der Waals surface area contributed by atoms with Crippen molar-refractivity contribution in [3.8, 4) is 0 Å². The molecule has 2 N–H and O–H groups in total. The molecule has 3 heteroatoms. The lowest BCUT2D eigenvalue weighted by Crippen LogP contribution is -2.26. The van der Waals surface area contributed by atoms with Crippen molar-refractivity contribution in [1.82, 2.24) is 0 Å². The average molecular weight is 153 g/mol. The van der Waals surface area contributed by atoms with E-state index in [-0.39, 0.29) is 5.78 Å². The van der Waals surface area contributed by atoms with Crippen LogP contribution < -0.4 is 5.73 Å². The van der Waals surface area contributed by atoms with Gasteiger partial charge in [0.05, 0.1) is 11.6 Å². The lowest BCUT2D eigenvalue weighted by Gasteiger charge is -1.98. The number of Topliss-reactive ketones (excluding diaryl/α,β-unsaturated/α-hetero) is 1. The quantitative estimate of drug-likeness (QED) is 0.647. The van der Waals surface area contributed by atoms with Gasteiger partial charge >= 0.3 is 0 Å². The molecule has 0 spiro atoms. The first-order valence-corrected chi connectivity index (χ1v) is 3.46. The second-order valence-electron chi connectivity index (χ2n) is 2.60. The Labute approximate surface area is 65.2 Å². The van der Waals surface area contributed by atoms with Crippen LogP contribution in [-0.4, -0.2) is 11.8 Å². The van der Waals surface area contributed by atoms with Crippen molar-refractivity contribution in [3.05, 3.63) is 23.7 Å². The molecule has 0 saturated heterocycles. The van der Waals surface area contributed by atoms with Gasteiger partial charge in [-0.15, -0.1) is 0 Å². The number of ketones is 1. The van der Waals surface area contributed by atoms with Crippen LogP contribution in [0.15, 0.2) is 16.7 Å². The maximum atomic E-state index is 11.2. The summed E-state index contributed by atoms with van der Waals surface area (Å²) in [6.45, 7) is 3.45. The molecular formula is C8H11NO2. The monoisotopic (exact) mass is 153 g/mol. The SMILES string of the molecule is Cc1cc(C(=O)[C@@H](C)N)co1. The zero-order chi connectivity index (χ0) is 8.43. The molecule has 1 rings (SSSR count). The molecule has 0 saturated carbocycles. The lowest BCUT2D eigenvalue weighted by atomic mass is 10.1. The third kappa shape index (κ3) is 1.68. The van der Waals surface area contributed by atoms with Crippen molar-refractivity contribution in [1.29, 1.82) is 0 Å². The number of rotatable bonds is 2. The molecule has 3 nitrogen and oxygen atoms in total. The summed E-state index contributed by atoms with van der Waals surface area (Å²) < 4.78 is 4.96. The van der Waals surface area contributed by atoms with Crippen LogP contribution in [0.25, 0.3) is 0 Å². The Morgan fingerprint density at radius 2 is 2.36 bits per heavy atom. The summed E-state index contributed by atoms with van der Waals surface area (Å²) in [4.78, 5) is 11.2. The Kier molecular flexibility index (Phi) is 2.10. The molecule has 1 heterocycles. The largest absolute Gasteiger partial charge is 0.469 e. The average Bonchev–Trinajstić information content (AvgIpc) is 2.34. The predicted octanol–water partition coefficient (Wildman–Crippen LogP) is 1.12. The van der Waals surface area contributed by atoms with Gasteiger partial charge in [-0.3, -0.25) is 4.79 Å². The first kappa shape index (κ1) is 8.01. The van der Waals surface area contributed by atoms with Crippen molar-refractivity contribution in [2.75, 3.05) is 0 Å². The molecule has 0 amide bonds. The maximum absolute atomic E-state index is 11.2. The molecule has 1 atom stereocenters. The van der Waals surface area contributed by atoms with E-state index in [1.165, 1.54) is 6.26 Å². The Hall–Kier alpha value is -1.09. The zero-order valence-corrected chi connectivity index (χ0v) is 6.63. The third-order valence-corrected chi connectivity index (χ3v) is 1.43. The lowest BCUT2D eigenvalue weighted by molar-refractivity contribution is 0.0967. The second kappa shape index (κ2) is 2.88. The Bertz CT molecular complexity index is 263. The highest BCUT2D eigenvalue weighted by Gasteiger charge is 2.12. The van der Waals surface area contributed by atoms with Crippen molar-refractivity contribution >= 4 is 5.78 Å². The summed E-state index contributed by atoms with van der Waals surface area (Å²) in [5.41, 5.74) is 5.94. The molecule has 0 aromatic carbocycles. The molecule has 0 aliphatic rings. The maximum Gasteiger partial charge on any atom is 0.182 e. The van der Waals surface area contributed by atoms with Crippen molar-refractivity contribution < 1.29 is 9.21 Å². The number of aryl methyl sites for hydroxylation is 1. The topological polar surface area (TPSA) is 56.2 Å². The van der Waals surface area contributed by atoms with Crippen LogP contribution in [0.5, 0.6) is 0 Å². The highest BCUT2D eigenvalue weighted by Crippen LogP contribution is 2.07. The molecule has 0 aliphatic carbocycles. The fourth-order valence-electron chi connectivity index (χ4n) is 0.836. The molecule has 0 aliphatic heterocycles. The minimum atomic E-state index is -0.452. The highest BCUT2D eigenvalue weighted by atomic mass is 16.3. The van der Waals surface area contributed by atoms with Gasteiger partial charge in [-0.2, -0.15) is 0 Å². The molecule has 1 aromatic rings. The van der Waals surface area contributed by atoms with Gasteiger partial charge in [-0.1, -0.05) is 0 Å². The molecule has 0 radical (unpaired) electrons. The number of hydrogen-bond acceptors (Lipinski definition) is 3. The Morgan fingerprint density at radius 1 is 1.73 bits per heavy atom. The fourth-order valence-corrected chi connectivity index (χ4v) is 0.836. The van der Waals surface area contributed by atoms with E-state index in [1.807, 2.05) is 0 Å². The number of furan rings is 1. The third-order valence-electron chi connectivity index (χ3n) is 1.43. The fraction of sp³-hybridized carbons (Fsp3) is 0.375. The van der Waals surface area contributed by atoms with Crippen LogP contribution in [0.3, 0.4) is 0 Å². The van der Waals surface area contributed by atoms with Crippen molar-refractivity contribution in [2.45, 2.75) is 19.9 Å². The summed E-state index contributed by atoms with van der Waals surface area (Å²) in [7, 11) is 0. The number of hydrogen-bond donors (Lipinski definition) is 1. The summed E-state index contributed by atoms with van der Waals surface area (Å²) in [5.74, 6) is 0.649. The number of carbonyl (C=O) groups excluding carboxylic acids is 1. The highest BCUT2D eigenvalue weighted by molar-refractivity contribution is 5.99. The number of nitrogens with two attached hydrogens (primary N) is 1. The van der Waals surface area contributed by atoms with Crippen LogP contribution in [0.4, 0.5) is 0 Å². The van der Waals surface area contributed by atoms with Gasteiger partial charge in [-0.05, 0) is 19.9 Å². The Balaban J connectivity index is 2.85. The van der Waals surface area contributed by atoms with Crippen LogP contribution in [0, 0.1) is 6.92 Å². The first-order valence-electron chi connectivity index (χ1n) is 3.46. The molecule has 0 fully saturated rings. The van der Waals surface area contributed by atoms with Crippen LogP contribution in [-0.2, 0) is 0 Å². The summed E-state index contributed by atoms with van der Waals surface area (Å²) in [6.07, 6.45) is 1.43.